The second-order valence-electron chi connectivity index (χ2n) is 5.87. The molecular weight excluding hydrogens is 332 g/mol. The Morgan fingerprint density at radius 2 is 1.80 bits per heavy atom. The Kier molecular flexibility index (Phi) is 4.08. The van der Waals surface area contributed by atoms with Crippen molar-refractivity contribution in [1.29, 1.82) is 0 Å². The van der Waals surface area contributed by atoms with Crippen molar-refractivity contribution in [3.63, 3.8) is 0 Å². The second kappa shape index (κ2) is 6.54. The van der Waals surface area contributed by atoms with E-state index in [-0.39, 0.29) is 5.43 Å². The number of pyridine rings is 2. The molecule has 0 amide bonds. The highest BCUT2D eigenvalue weighted by Gasteiger charge is 2.11. The molecule has 0 aliphatic carbocycles. The van der Waals surface area contributed by atoms with Crippen molar-refractivity contribution in [3.8, 4) is 5.69 Å². The van der Waals surface area contributed by atoms with E-state index >= 15 is 0 Å². The molecule has 2 heterocycles. The van der Waals surface area contributed by atoms with Gasteiger partial charge in [-0.25, -0.2) is 4.98 Å². The standard InChI is InChI=1S/C21H15ClN2O/c22-17-8-4-9-18(13-17)24-14-16(12-15-6-2-1-3-7-15)20(25)19-10-5-11-23-21(19)24/h1-11,13-14H,12H2. The quantitative estimate of drug-likeness (QED) is 0.542. The Morgan fingerprint density at radius 3 is 2.60 bits per heavy atom. The molecule has 122 valence electrons. The Bertz CT molecular complexity index is 1100. The molecule has 2 aromatic heterocycles. The lowest BCUT2D eigenvalue weighted by Crippen LogP contribution is -2.15. The molecule has 25 heavy (non-hydrogen) atoms. The number of fused-ring (bicyclic) bond motifs is 1. The van der Waals surface area contributed by atoms with Crippen LogP contribution >= 0.6 is 11.6 Å². The largest absolute Gasteiger partial charge is 0.301 e. The summed E-state index contributed by atoms with van der Waals surface area (Å²) in [4.78, 5) is 17.3. The fraction of sp³-hybridized carbons (Fsp3) is 0.0476. The van der Waals surface area contributed by atoms with Gasteiger partial charge < -0.3 is 4.57 Å². The summed E-state index contributed by atoms with van der Waals surface area (Å²) in [6.45, 7) is 0. The molecule has 0 spiro atoms. The molecule has 2 aromatic carbocycles. The molecule has 4 rings (SSSR count). The minimum absolute atomic E-state index is 0.0187. The summed E-state index contributed by atoms with van der Waals surface area (Å²) in [5, 5.41) is 1.25. The van der Waals surface area contributed by atoms with E-state index in [9.17, 15) is 4.79 Å². The van der Waals surface area contributed by atoms with Gasteiger partial charge in [0, 0.05) is 35.1 Å². The molecule has 0 N–H and O–H groups in total. The van der Waals surface area contributed by atoms with Crippen LogP contribution in [0.5, 0.6) is 0 Å². The molecule has 0 unspecified atom stereocenters. The number of halogens is 1. The van der Waals surface area contributed by atoms with Crippen LogP contribution in [0, 0.1) is 0 Å². The first-order chi connectivity index (χ1) is 12.2. The van der Waals surface area contributed by atoms with E-state index in [1.54, 1.807) is 12.3 Å². The molecule has 3 nitrogen and oxygen atoms in total. The zero-order valence-corrected chi connectivity index (χ0v) is 14.1. The Labute approximate surface area is 150 Å². The van der Waals surface area contributed by atoms with Crippen LogP contribution in [0.4, 0.5) is 0 Å². The van der Waals surface area contributed by atoms with E-state index in [1.807, 2.05) is 71.4 Å². The monoisotopic (exact) mass is 346 g/mol. The highest BCUT2D eigenvalue weighted by Crippen LogP contribution is 2.20. The summed E-state index contributed by atoms with van der Waals surface area (Å²) in [6, 6.07) is 21.1. The predicted molar refractivity (Wildman–Crippen MR) is 102 cm³/mol. The maximum absolute atomic E-state index is 12.9. The summed E-state index contributed by atoms with van der Waals surface area (Å²) in [5.74, 6) is 0. The van der Waals surface area contributed by atoms with Crippen LogP contribution in [0.3, 0.4) is 0 Å². The second-order valence-corrected chi connectivity index (χ2v) is 6.31. The average Bonchev–Trinajstić information content (AvgIpc) is 2.65. The minimum Gasteiger partial charge on any atom is -0.301 e. The molecular formula is C21H15ClN2O. The topological polar surface area (TPSA) is 34.9 Å². The smallest absolute Gasteiger partial charge is 0.194 e. The summed E-state index contributed by atoms with van der Waals surface area (Å²) in [5.41, 5.74) is 3.36. The van der Waals surface area contributed by atoms with Crippen molar-refractivity contribution in [2.24, 2.45) is 0 Å². The molecule has 0 aliphatic rings. The van der Waals surface area contributed by atoms with Crippen LogP contribution in [0.15, 0.2) is 83.9 Å². The number of hydrogen-bond donors (Lipinski definition) is 0. The maximum Gasteiger partial charge on any atom is 0.194 e. The fourth-order valence-electron chi connectivity index (χ4n) is 2.98. The first kappa shape index (κ1) is 15.6. The van der Waals surface area contributed by atoms with Gasteiger partial charge in [-0.1, -0.05) is 48.0 Å². The fourth-order valence-corrected chi connectivity index (χ4v) is 3.16. The molecule has 0 radical (unpaired) electrons. The minimum atomic E-state index is 0.0187. The first-order valence-electron chi connectivity index (χ1n) is 8.01. The zero-order chi connectivity index (χ0) is 17.2. The molecule has 4 aromatic rings. The van der Waals surface area contributed by atoms with Crippen LogP contribution in [-0.4, -0.2) is 9.55 Å². The molecule has 0 atom stereocenters. The maximum atomic E-state index is 12.9. The lowest BCUT2D eigenvalue weighted by molar-refractivity contribution is 1.02. The van der Waals surface area contributed by atoms with Crippen molar-refractivity contribution in [3.05, 3.63) is 105 Å². The predicted octanol–water partition coefficient (Wildman–Crippen LogP) is 4.63. The van der Waals surface area contributed by atoms with Crippen LogP contribution < -0.4 is 5.43 Å². The van der Waals surface area contributed by atoms with Gasteiger partial charge in [0.15, 0.2) is 5.43 Å². The molecule has 0 aliphatic heterocycles. The Hall–Kier alpha value is -2.91. The molecule has 0 fully saturated rings. The number of aromatic nitrogens is 2. The van der Waals surface area contributed by atoms with E-state index in [0.717, 1.165) is 16.8 Å². The molecule has 0 saturated carbocycles. The summed E-state index contributed by atoms with van der Waals surface area (Å²) in [6.07, 6.45) is 4.14. The highest BCUT2D eigenvalue weighted by atomic mass is 35.5. The van der Waals surface area contributed by atoms with Gasteiger partial charge in [0.25, 0.3) is 0 Å². The Morgan fingerprint density at radius 1 is 0.960 bits per heavy atom. The lowest BCUT2D eigenvalue weighted by Gasteiger charge is -2.13. The van der Waals surface area contributed by atoms with Gasteiger partial charge in [-0.2, -0.15) is 0 Å². The Balaban J connectivity index is 1.96. The third kappa shape index (κ3) is 3.06. The van der Waals surface area contributed by atoms with Crippen molar-refractivity contribution in [2.45, 2.75) is 6.42 Å². The first-order valence-corrected chi connectivity index (χ1v) is 8.39. The van der Waals surface area contributed by atoms with Crippen molar-refractivity contribution in [1.82, 2.24) is 9.55 Å². The van der Waals surface area contributed by atoms with E-state index in [0.29, 0.717) is 22.5 Å². The van der Waals surface area contributed by atoms with Crippen LogP contribution in [0.2, 0.25) is 5.02 Å². The summed E-state index contributed by atoms with van der Waals surface area (Å²) < 4.78 is 1.93. The van der Waals surface area contributed by atoms with E-state index in [1.165, 1.54) is 0 Å². The summed E-state index contributed by atoms with van der Waals surface area (Å²) >= 11 is 6.15. The van der Waals surface area contributed by atoms with E-state index in [4.69, 9.17) is 11.6 Å². The van der Waals surface area contributed by atoms with E-state index in [2.05, 4.69) is 4.98 Å². The molecule has 0 saturated heterocycles. The van der Waals surface area contributed by atoms with Crippen molar-refractivity contribution >= 4 is 22.6 Å². The van der Waals surface area contributed by atoms with Crippen LogP contribution in [0.25, 0.3) is 16.7 Å². The van der Waals surface area contributed by atoms with Gasteiger partial charge >= 0.3 is 0 Å². The van der Waals surface area contributed by atoms with Crippen molar-refractivity contribution < 1.29 is 0 Å². The van der Waals surface area contributed by atoms with Crippen LogP contribution in [0.1, 0.15) is 11.1 Å². The van der Waals surface area contributed by atoms with Gasteiger partial charge in [-0.05, 0) is 35.9 Å². The van der Waals surface area contributed by atoms with E-state index < -0.39 is 0 Å². The van der Waals surface area contributed by atoms with Gasteiger partial charge in [0.1, 0.15) is 5.65 Å². The average molecular weight is 347 g/mol. The highest BCUT2D eigenvalue weighted by molar-refractivity contribution is 6.30. The third-order valence-corrected chi connectivity index (χ3v) is 4.39. The number of nitrogens with zero attached hydrogens (tertiary/aromatic N) is 2. The van der Waals surface area contributed by atoms with Gasteiger partial charge in [0.2, 0.25) is 0 Å². The van der Waals surface area contributed by atoms with Gasteiger partial charge in [-0.3, -0.25) is 4.79 Å². The van der Waals surface area contributed by atoms with Crippen LogP contribution in [-0.2, 0) is 6.42 Å². The number of hydrogen-bond acceptors (Lipinski definition) is 2. The number of rotatable bonds is 3. The normalized spacial score (nSPS) is 10.9. The molecule has 0 bridgehead atoms. The zero-order valence-electron chi connectivity index (χ0n) is 13.4. The third-order valence-electron chi connectivity index (χ3n) is 4.16. The van der Waals surface area contributed by atoms with Crippen molar-refractivity contribution in [2.75, 3.05) is 0 Å². The molecule has 4 heteroatoms. The number of benzene rings is 2. The van der Waals surface area contributed by atoms with Gasteiger partial charge in [-0.15, -0.1) is 0 Å². The lowest BCUT2D eigenvalue weighted by atomic mass is 10.0. The summed E-state index contributed by atoms with van der Waals surface area (Å²) in [7, 11) is 0. The SMILES string of the molecule is O=c1c(Cc2ccccc2)cn(-c2cccc(Cl)c2)c2ncccc12. The van der Waals surface area contributed by atoms with Gasteiger partial charge in [0.05, 0.1) is 5.39 Å².